The summed E-state index contributed by atoms with van der Waals surface area (Å²) >= 11 is 0. The van der Waals surface area contributed by atoms with Gasteiger partial charge < -0.3 is 0 Å². The molecule has 0 fully saturated rings. The summed E-state index contributed by atoms with van der Waals surface area (Å²) in [6.07, 6.45) is 8.39. The number of rotatable bonds is 4. The van der Waals surface area contributed by atoms with Crippen LogP contribution in [0.3, 0.4) is 0 Å². The second kappa shape index (κ2) is 5.39. The molecule has 0 amide bonds. The first-order valence-corrected chi connectivity index (χ1v) is 5.46. The Morgan fingerprint density at radius 1 is 1.35 bits per heavy atom. The van der Waals surface area contributed by atoms with Crippen molar-refractivity contribution in [3.05, 3.63) is 36.2 Å². The fourth-order valence-corrected chi connectivity index (χ4v) is 1.68. The Bertz CT molecular complexity index is 544. The van der Waals surface area contributed by atoms with Crippen molar-refractivity contribution in [3.63, 3.8) is 0 Å². The van der Waals surface area contributed by atoms with Gasteiger partial charge in [-0.05, 0) is 18.6 Å². The van der Waals surface area contributed by atoms with Gasteiger partial charge in [0.15, 0.2) is 0 Å². The highest BCUT2D eigenvalue weighted by Crippen LogP contribution is 2.17. The summed E-state index contributed by atoms with van der Waals surface area (Å²) in [5.74, 6) is 8.10. The first-order chi connectivity index (χ1) is 8.35. The van der Waals surface area contributed by atoms with Gasteiger partial charge in [0.2, 0.25) is 0 Å². The predicted molar refractivity (Wildman–Crippen MR) is 67.7 cm³/mol. The molecular formula is C13H14N4. The zero-order valence-corrected chi connectivity index (χ0v) is 9.43. The van der Waals surface area contributed by atoms with Crippen LogP contribution in [0.15, 0.2) is 30.5 Å². The lowest BCUT2D eigenvalue weighted by molar-refractivity contribution is 0.511. The van der Waals surface area contributed by atoms with Crippen LogP contribution in [-0.2, 0) is 0 Å². The van der Waals surface area contributed by atoms with E-state index in [0.717, 1.165) is 23.1 Å². The van der Waals surface area contributed by atoms with E-state index < -0.39 is 0 Å². The van der Waals surface area contributed by atoms with E-state index >= 15 is 0 Å². The summed E-state index contributed by atoms with van der Waals surface area (Å²) in [7, 11) is 0. The molecule has 1 aromatic carbocycles. The second-order valence-corrected chi connectivity index (χ2v) is 3.75. The monoisotopic (exact) mass is 226 g/mol. The Morgan fingerprint density at radius 3 is 2.82 bits per heavy atom. The molecule has 1 atom stereocenters. The van der Waals surface area contributed by atoms with E-state index in [0.29, 0.717) is 6.42 Å². The Morgan fingerprint density at radius 2 is 2.12 bits per heavy atom. The van der Waals surface area contributed by atoms with Crippen LogP contribution in [0.25, 0.3) is 11.0 Å². The molecule has 86 valence electrons. The molecule has 0 aliphatic rings. The lowest BCUT2D eigenvalue weighted by atomic mass is 10.1. The third-order valence-corrected chi connectivity index (χ3v) is 2.60. The van der Waals surface area contributed by atoms with E-state index in [1.54, 1.807) is 6.20 Å². The lowest BCUT2D eigenvalue weighted by Gasteiger charge is -2.13. The SMILES string of the molecule is C#CCCC(NN)c1cnc2ccccc2n1. The predicted octanol–water partition coefficient (Wildman–Crippen LogP) is 1.55. The molecule has 0 aliphatic heterocycles. The number of terminal acetylenes is 1. The number of hydrogen-bond donors (Lipinski definition) is 2. The standard InChI is InChI=1S/C13H14N4/c1-2-3-6-12(17-14)13-9-15-10-7-4-5-8-11(10)16-13/h1,4-5,7-9,12,17H,3,6,14H2. The largest absolute Gasteiger partial charge is 0.271 e. The molecule has 3 N–H and O–H groups in total. The normalized spacial score (nSPS) is 12.2. The van der Waals surface area contributed by atoms with Crippen LogP contribution in [0.2, 0.25) is 0 Å². The van der Waals surface area contributed by atoms with Crippen LogP contribution in [0.4, 0.5) is 0 Å². The molecule has 1 unspecified atom stereocenters. The smallest absolute Gasteiger partial charge is 0.0890 e. The fraction of sp³-hybridized carbons (Fsp3) is 0.231. The van der Waals surface area contributed by atoms with Crippen molar-refractivity contribution in [1.82, 2.24) is 15.4 Å². The highest BCUT2D eigenvalue weighted by Gasteiger charge is 2.11. The summed E-state index contributed by atoms with van der Waals surface area (Å²) in [4.78, 5) is 8.87. The van der Waals surface area contributed by atoms with Crippen molar-refractivity contribution < 1.29 is 0 Å². The molecule has 4 nitrogen and oxygen atoms in total. The number of hydrogen-bond acceptors (Lipinski definition) is 4. The lowest BCUT2D eigenvalue weighted by Crippen LogP contribution is -2.28. The van der Waals surface area contributed by atoms with E-state index in [9.17, 15) is 0 Å². The Hall–Kier alpha value is -1.96. The molecule has 0 bridgehead atoms. The van der Waals surface area contributed by atoms with Gasteiger partial charge >= 0.3 is 0 Å². The number of para-hydroxylation sites is 2. The molecule has 1 aromatic heterocycles. The highest BCUT2D eigenvalue weighted by molar-refractivity contribution is 5.73. The Labute approximate surface area is 100 Å². The maximum atomic E-state index is 5.50. The number of nitrogens with one attached hydrogen (secondary N) is 1. The van der Waals surface area contributed by atoms with Gasteiger partial charge in [0.25, 0.3) is 0 Å². The highest BCUT2D eigenvalue weighted by atomic mass is 15.2. The van der Waals surface area contributed by atoms with Crippen molar-refractivity contribution in [1.29, 1.82) is 0 Å². The average Bonchev–Trinajstić information content (AvgIpc) is 2.39. The molecule has 1 heterocycles. The average molecular weight is 226 g/mol. The fourth-order valence-electron chi connectivity index (χ4n) is 1.68. The van der Waals surface area contributed by atoms with Crippen LogP contribution >= 0.6 is 0 Å². The molecule has 0 radical (unpaired) electrons. The molecule has 2 rings (SSSR count). The van der Waals surface area contributed by atoms with Crippen molar-refractivity contribution in [2.24, 2.45) is 5.84 Å². The van der Waals surface area contributed by atoms with Gasteiger partial charge in [-0.25, -0.2) is 4.98 Å². The van der Waals surface area contributed by atoms with Crippen molar-refractivity contribution in [2.75, 3.05) is 0 Å². The van der Waals surface area contributed by atoms with E-state index in [-0.39, 0.29) is 6.04 Å². The third kappa shape index (κ3) is 2.59. The van der Waals surface area contributed by atoms with Crippen LogP contribution in [-0.4, -0.2) is 9.97 Å². The van der Waals surface area contributed by atoms with Crippen molar-refractivity contribution >= 4 is 11.0 Å². The maximum absolute atomic E-state index is 5.50. The van der Waals surface area contributed by atoms with Gasteiger partial charge in [0.1, 0.15) is 0 Å². The van der Waals surface area contributed by atoms with Crippen LogP contribution in [0.1, 0.15) is 24.6 Å². The minimum Gasteiger partial charge on any atom is -0.271 e. The van der Waals surface area contributed by atoms with Crippen LogP contribution < -0.4 is 11.3 Å². The Balaban J connectivity index is 2.31. The number of aromatic nitrogens is 2. The maximum Gasteiger partial charge on any atom is 0.0890 e. The van der Waals surface area contributed by atoms with Gasteiger partial charge in [-0.2, -0.15) is 0 Å². The second-order valence-electron chi connectivity index (χ2n) is 3.75. The number of hydrazine groups is 1. The Kier molecular flexibility index (Phi) is 3.66. The van der Waals surface area contributed by atoms with Crippen molar-refractivity contribution in [2.45, 2.75) is 18.9 Å². The summed E-state index contributed by atoms with van der Waals surface area (Å²) in [6, 6.07) is 7.68. The van der Waals surface area contributed by atoms with E-state index in [4.69, 9.17) is 12.3 Å². The van der Waals surface area contributed by atoms with Crippen LogP contribution in [0.5, 0.6) is 0 Å². The molecule has 0 spiro atoms. The first-order valence-electron chi connectivity index (χ1n) is 5.46. The van der Waals surface area contributed by atoms with Gasteiger partial charge in [-0.3, -0.25) is 16.3 Å². The van der Waals surface area contributed by atoms with E-state index in [1.165, 1.54) is 0 Å². The molecule has 17 heavy (non-hydrogen) atoms. The molecular weight excluding hydrogens is 212 g/mol. The third-order valence-electron chi connectivity index (χ3n) is 2.60. The van der Waals surface area contributed by atoms with Crippen LogP contribution in [0, 0.1) is 12.3 Å². The van der Waals surface area contributed by atoms with Gasteiger partial charge in [-0.15, -0.1) is 12.3 Å². The zero-order chi connectivity index (χ0) is 12.1. The first kappa shape index (κ1) is 11.5. The van der Waals surface area contributed by atoms with Crippen molar-refractivity contribution in [3.8, 4) is 12.3 Å². The van der Waals surface area contributed by atoms with Gasteiger partial charge in [0.05, 0.1) is 29.0 Å². The minimum absolute atomic E-state index is 0.0526. The summed E-state index contributed by atoms with van der Waals surface area (Å²) < 4.78 is 0. The quantitative estimate of drug-likeness (QED) is 0.471. The zero-order valence-electron chi connectivity index (χ0n) is 9.43. The van der Waals surface area contributed by atoms with Gasteiger partial charge in [0, 0.05) is 6.42 Å². The molecule has 4 heteroatoms. The number of benzene rings is 1. The van der Waals surface area contributed by atoms with E-state index in [1.807, 2.05) is 24.3 Å². The summed E-state index contributed by atoms with van der Waals surface area (Å²) in [5.41, 5.74) is 5.29. The van der Waals surface area contributed by atoms with Gasteiger partial charge in [-0.1, -0.05) is 12.1 Å². The van der Waals surface area contributed by atoms with E-state index in [2.05, 4.69) is 21.3 Å². The summed E-state index contributed by atoms with van der Waals surface area (Å²) in [6.45, 7) is 0. The minimum atomic E-state index is -0.0526. The number of nitrogens with two attached hydrogens (primary N) is 1. The molecule has 0 aliphatic carbocycles. The summed E-state index contributed by atoms with van der Waals surface area (Å²) in [5, 5.41) is 0. The molecule has 0 saturated heterocycles. The molecule has 0 saturated carbocycles. The number of fused-ring (bicyclic) bond motifs is 1. The molecule has 2 aromatic rings. The number of nitrogens with zero attached hydrogens (tertiary/aromatic N) is 2. The topological polar surface area (TPSA) is 63.8 Å².